The molecule has 0 amide bonds. The van der Waals surface area contributed by atoms with E-state index < -0.39 is 10.8 Å². The molecule has 0 rings (SSSR count). The first-order valence-corrected chi connectivity index (χ1v) is 5.90. The molecule has 0 aliphatic rings. The zero-order valence-electron chi connectivity index (χ0n) is 11.9. The molecule has 0 aromatic rings. The Hall–Kier alpha value is -1.56. The molecule has 0 radical (unpaired) electrons. The van der Waals surface area contributed by atoms with Gasteiger partial charge in [-0.15, -0.1) is 6.58 Å². The van der Waals surface area contributed by atoms with Gasteiger partial charge in [0, 0.05) is 11.8 Å². The van der Waals surface area contributed by atoms with Gasteiger partial charge < -0.3 is 4.74 Å². The number of esters is 1. The van der Waals surface area contributed by atoms with Crippen LogP contribution in [0.1, 0.15) is 40.5 Å². The van der Waals surface area contributed by atoms with Crippen molar-refractivity contribution < 1.29 is 14.3 Å². The highest BCUT2D eigenvalue weighted by molar-refractivity contribution is 5.99. The summed E-state index contributed by atoms with van der Waals surface area (Å²) in [5, 5.41) is 0. The van der Waals surface area contributed by atoms with Gasteiger partial charge in [0.1, 0.15) is 0 Å². The summed E-state index contributed by atoms with van der Waals surface area (Å²) >= 11 is 0. The van der Waals surface area contributed by atoms with Crippen molar-refractivity contribution in [1.82, 2.24) is 0 Å². The van der Waals surface area contributed by atoms with E-state index in [-0.39, 0.29) is 11.8 Å². The van der Waals surface area contributed by atoms with E-state index >= 15 is 0 Å². The number of Topliss-reactive ketones (excluding diaryl/α,β-unsaturated/α-hetero) is 1. The Morgan fingerprint density at radius 2 is 1.78 bits per heavy atom. The minimum Gasteiger partial charge on any atom is -0.469 e. The molecule has 3 heteroatoms. The zero-order valence-corrected chi connectivity index (χ0v) is 11.9. The summed E-state index contributed by atoms with van der Waals surface area (Å²) in [5.41, 5.74) is -1.21. The largest absolute Gasteiger partial charge is 0.469 e. The third-order valence-electron chi connectivity index (χ3n) is 2.74. The lowest BCUT2D eigenvalue weighted by Crippen LogP contribution is -2.25. The van der Waals surface area contributed by atoms with Gasteiger partial charge in [0.25, 0.3) is 0 Å². The van der Waals surface area contributed by atoms with Crippen molar-refractivity contribution in [3.05, 3.63) is 12.7 Å². The molecule has 0 aromatic carbocycles. The number of carbonyl (C=O) groups is 2. The Bertz CT molecular complexity index is 392. The molecule has 0 N–H and O–H groups in total. The van der Waals surface area contributed by atoms with Crippen LogP contribution < -0.4 is 0 Å². The molecule has 0 aliphatic heterocycles. The molecule has 0 atom stereocenters. The van der Waals surface area contributed by atoms with Gasteiger partial charge in [0.15, 0.2) is 0 Å². The number of hydrogen-bond acceptors (Lipinski definition) is 3. The van der Waals surface area contributed by atoms with Crippen LogP contribution in [0.5, 0.6) is 0 Å². The molecule has 0 saturated heterocycles. The second-order valence-electron chi connectivity index (χ2n) is 5.56. The van der Waals surface area contributed by atoms with Gasteiger partial charge in [-0.05, 0) is 26.2 Å². The number of rotatable bonds is 5. The number of methoxy groups -OCH3 is 1. The molecule has 0 heterocycles. The molecule has 0 spiro atoms. The molecule has 0 saturated carbocycles. The first kappa shape index (κ1) is 16.4. The van der Waals surface area contributed by atoms with Gasteiger partial charge in [-0.1, -0.05) is 25.8 Å². The fraction of sp³-hybridized carbons (Fsp3) is 0.600. The molecule has 100 valence electrons. The molecule has 18 heavy (non-hydrogen) atoms. The Kier molecular flexibility index (Phi) is 5.84. The second kappa shape index (κ2) is 6.39. The first-order valence-electron chi connectivity index (χ1n) is 5.90. The van der Waals surface area contributed by atoms with Crippen molar-refractivity contribution in [3.8, 4) is 11.8 Å². The lowest BCUT2D eigenvalue weighted by molar-refractivity contribution is -0.150. The Morgan fingerprint density at radius 3 is 2.22 bits per heavy atom. The number of carbonyl (C=O) groups excluding carboxylic acids is 2. The van der Waals surface area contributed by atoms with Crippen LogP contribution in [0.25, 0.3) is 0 Å². The highest BCUT2D eigenvalue weighted by Crippen LogP contribution is 2.23. The number of allylic oxidation sites excluding steroid dienone is 1. The lowest BCUT2D eigenvalue weighted by atomic mass is 9.84. The van der Waals surface area contributed by atoms with Crippen LogP contribution in [0, 0.1) is 22.7 Å². The summed E-state index contributed by atoms with van der Waals surface area (Å²) in [5.74, 6) is 4.91. The third kappa shape index (κ3) is 4.75. The Balaban J connectivity index is 4.66. The zero-order chi connectivity index (χ0) is 14.4. The molecule has 0 aromatic heterocycles. The van der Waals surface area contributed by atoms with Crippen LogP contribution in [0.2, 0.25) is 0 Å². The van der Waals surface area contributed by atoms with Crippen molar-refractivity contribution >= 4 is 11.8 Å². The van der Waals surface area contributed by atoms with E-state index in [1.807, 2.05) is 13.8 Å². The minimum atomic E-state index is -0.690. The van der Waals surface area contributed by atoms with Crippen LogP contribution in [0.15, 0.2) is 12.7 Å². The van der Waals surface area contributed by atoms with Gasteiger partial charge in [-0.2, -0.15) is 0 Å². The SMILES string of the molecule is C=CCC(C)(C)C(=O)C#CCC(C)(C)C(=O)OC. The normalized spacial score (nSPS) is 11.2. The highest BCUT2D eigenvalue weighted by atomic mass is 16.5. The lowest BCUT2D eigenvalue weighted by Gasteiger charge is -2.19. The van der Waals surface area contributed by atoms with Gasteiger partial charge in [-0.3, -0.25) is 9.59 Å². The molecular formula is C15H22O3. The van der Waals surface area contributed by atoms with Gasteiger partial charge in [0.2, 0.25) is 5.78 Å². The van der Waals surface area contributed by atoms with Crippen molar-refractivity contribution in [2.24, 2.45) is 10.8 Å². The average molecular weight is 250 g/mol. The third-order valence-corrected chi connectivity index (χ3v) is 2.74. The Morgan fingerprint density at radius 1 is 1.22 bits per heavy atom. The maximum Gasteiger partial charge on any atom is 0.312 e. The number of ketones is 1. The molecule has 0 fully saturated rings. The van der Waals surface area contributed by atoms with E-state index in [1.165, 1.54) is 7.11 Å². The second-order valence-corrected chi connectivity index (χ2v) is 5.56. The van der Waals surface area contributed by atoms with Crippen molar-refractivity contribution in [1.29, 1.82) is 0 Å². The van der Waals surface area contributed by atoms with Crippen LogP contribution in [-0.2, 0) is 14.3 Å². The highest BCUT2D eigenvalue weighted by Gasteiger charge is 2.28. The fourth-order valence-electron chi connectivity index (χ4n) is 1.32. The van der Waals surface area contributed by atoms with Crippen LogP contribution in [0.3, 0.4) is 0 Å². The van der Waals surface area contributed by atoms with E-state index in [0.717, 1.165) is 0 Å². The van der Waals surface area contributed by atoms with E-state index in [4.69, 9.17) is 0 Å². The molecule has 0 unspecified atom stereocenters. The quantitative estimate of drug-likeness (QED) is 0.326. The van der Waals surface area contributed by atoms with Crippen LogP contribution in [-0.4, -0.2) is 18.9 Å². The summed E-state index contributed by atoms with van der Waals surface area (Å²) in [6, 6.07) is 0. The van der Waals surface area contributed by atoms with E-state index in [9.17, 15) is 9.59 Å². The minimum absolute atomic E-state index is 0.136. The van der Waals surface area contributed by atoms with Gasteiger partial charge >= 0.3 is 5.97 Å². The smallest absolute Gasteiger partial charge is 0.312 e. The fourth-order valence-corrected chi connectivity index (χ4v) is 1.32. The number of ether oxygens (including phenoxy) is 1. The summed E-state index contributed by atoms with van der Waals surface area (Å²) in [7, 11) is 1.34. The van der Waals surface area contributed by atoms with E-state index in [2.05, 4.69) is 23.2 Å². The molecule has 0 bridgehead atoms. The van der Waals surface area contributed by atoms with Crippen molar-refractivity contribution in [2.45, 2.75) is 40.5 Å². The molecule has 0 aliphatic carbocycles. The maximum atomic E-state index is 11.8. The van der Waals surface area contributed by atoms with Crippen molar-refractivity contribution in [2.75, 3.05) is 7.11 Å². The topological polar surface area (TPSA) is 43.4 Å². The summed E-state index contributed by atoms with van der Waals surface area (Å²) in [6.07, 6.45) is 2.59. The Labute approximate surface area is 110 Å². The monoisotopic (exact) mass is 250 g/mol. The van der Waals surface area contributed by atoms with E-state index in [0.29, 0.717) is 12.8 Å². The van der Waals surface area contributed by atoms with Crippen LogP contribution >= 0.6 is 0 Å². The summed E-state index contributed by atoms with van der Waals surface area (Å²) in [6.45, 7) is 10.8. The molecular weight excluding hydrogens is 228 g/mol. The standard InChI is InChI=1S/C15H22O3/c1-7-10-14(2,3)12(16)9-8-11-15(4,5)13(17)18-6/h7H,1,10-11H2,2-6H3. The first-order chi connectivity index (χ1) is 8.17. The summed E-state index contributed by atoms with van der Waals surface area (Å²) in [4.78, 5) is 23.3. The van der Waals surface area contributed by atoms with Gasteiger partial charge in [0.05, 0.1) is 12.5 Å². The predicted molar refractivity (Wildman–Crippen MR) is 71.8 cm³/mol. The van der Waals surface area contributed by atoms with E-state index in [1.54, 1.807) is 19.9 Å². The average Bonchev–Trinajstić information content (AvgIpc) is 2.27. The van der Waals surface area contributed by atoms with Crippen molar-refractivity contribution in [3.63, 3.8) is 0 Å². The van der Waals surface area contributed by atoms with Gasteiger partial charge in [-0.25, -0.2) is 0 Å². The predicted octanol–water partition coefficient (Wildman–Crippen LogP) is 2.75. The maximum absolute atomic E-state index is 11.8. The van der Waals surface area contributed by atoms with Crippen LogP contribution in [0.4, 0.5) is 0 Å². The summed E-state index contributed by atoms with van der Waals surface area (Å²) < 4.78 is 4.67. The molecule has 3 nitrogen and oxygen atoms in total. The number of hydrogen-bond donors (Lipinski definition) is 0.